The first-order valence-electron chi connectivity index (χ1n) is 3.71. The van der Waals surface area contributed by atoms with E-state index in [0.717, 1.165) is 19.2 Å². The largest absolute Gasteiger partial charge is 0.506 e. The van der Waals surface area contributed by atoms with E-state index in [0.29, 0.717) is 5.75 Å². The highest BCUT2D eigenvalue weighted by molar-refractivity contribution is 8.01. The molecule has 0 aliphatic carbocycles. The van der Waals surface area contributed by atoms with Gasteiger partial charge in [0.05, 0.1) is 8.91 Å². The number of phenols is 1. The average molecular weight is 228 g/mol. The van der Waals surface area contributed by atoms with Gasteiger partial charge in [-0.05, 0) is 12.3 Å². The summed E-state index contributed by atoms with van der Waals surface area (Å²) in [5.41, 5.74) is 0. The topological polar surface area (TPSA) is 20.2 Å². The molecule has 0 spiro atoms. The van der Waals surface area contributed by atoms with Crippen LogP contribution in [0.4, 0.5) is 0 Å². The quantitative estimate of drug-likeness (QED) is 0.574. The summed E-state index contributed by atoms with van der Waals surface area (Å²) < 4.78 is 2.08. The Hall–Kier alpha value is -0.320. The summed E-state index contributed by atoms with van der Waals surface area (Å²) in [7, 11) is 0. The van der Waals surface area contributed by atoms with E-state index < -0.39 is 0 Å². The highest BCUT2D eigenvalue weighted by Gasteiger charge is 2.10. The molecule has 4 heteroatoms. The predicted octanol–water partition coefficient (Wildman–Crippen LogP) is 3.62. The molecule has 0 aliphatic rings. The molecule has 68 valence electrons. The molecular weight excluding hydrogens is 220 g/mol. The van der Waals surface area contributed by atoms with Crippen molar-refractivity contribution in [1.82, 2.24) is 0 Å². The van der Waals surface area contributed by atoms with Gasteiger partial charge in [-0.2, -0.15) is 0 Å². The molecule has 0 amide bonds. The molecule has 0 saturated heterocycles. The van der Waals surface area contributed by atoms with E-state index in [1.165, 1.54) is 0 Å². The van der Waals surface area contributed by atoms with Crippen molar-refractivity contribution in [3.05, 3.63) is 18.2 Å². The van der Waals surface area contributed by atoms with Gasteiger partial charge in [0, 0.05) is 10.3 Å². The van der Waals surface area contributed by atoms with E-state index in [9.17, 15) is 5.11 Å². The first kappa shape index (κ1) is 9.24. The summed E-state index contributed by atoms with van der Waals surface area (Å²) in [5.74, 6) is 0.345. The van der Waals surface area contributed by atoms with Gasteiger partial charge in [0.15, 0.2) is 0 Å². The smallest absolute Gasteiger partial charge is 0.133 e. The monoisotopic (exact) mass is 228 g/mol. The Kier molecular flexibility index (Phi) is 2.45. The van der Waals surface area contributed by atoms with Gasteiger partial charge < -0.3 is 5.11 Å². The van der Waals surface area contributed by atoms with Crippen LogP contribution in [0.15, 0.2) is 27.3 Å². The Bertz CT molecular complexity index is 447. The first-order chi connectivity index (χ1) is 6.24. The van der Waals surface area contributed by atoms with Crippen molar-refractivity contribution in [1.29, 1.82) is 0 Å². The number of hydrogen-bond donors (Lipinski definition) is 2. The molecule has 1 N–H and O–H groups in total. The summed E-state index contributed by atoms with van der Waals surface area (Å²) in [6, 6.07) is 5.53. The lowest BCUT2D eigenvalue weighted by Crippen LogP contribution is -1.66. The maximum atomic E-state index is 9.57. The minimum Gasteiger partial charge on any atom is -0.506 e. The fourth-order valence-electron chi connectivity index (χ4n) is 1.21. The predicted molar refractivity (Wildman–Crippen MR) is 62.5 cm³/mol. The minimum atomic E-state index is 0.345. The second kappa shape index (κ2) is 3.44. The fourth-order valence-corrected chi connectivity index (χ4v) is 3.61. The summed E-state index contributed by atoms with van der Waals surface area (Å²) in [4.78, 5) is 0.975. The Morgan fingerprint density at radius 2 is 2.23 bits per heavy atom. The standard InChI is InChI=1S/C9H8OS3/c1-12-9-7(11)5-3-2-4-6(10)8(5)13-9/h2-4,10-11H,1H3. The van der Waals surface area contributed by atoms with Gasteiger partial charge in [0.25, 0.3) is 0 Å². The molecule has 1 nitrogen and oxygen atoms in total. The lowest BCUT2D eigenvalue weighted by molar-refractivity contribution is 0.482. The van der Waals surface area contributed by atoms with Crippen molar-refractivity contribution in [2.45, 2.75) is 9.10 Å². The van der Waals surface area contributed by atoms with E-state index in [4.69, 9.17) is 0 Å². The van der Waals surface area contributed by atoms with Crippen molar-refractivity contribution in [2.24, 2.45) is 0 Å². The van der Waals surface area contributed by atoms with Crippen LogP contribution in [0.1, 0.15) is 0 Å². The molecule has 1 aromatic heterocycles. The second-order valence-electron chi connectivity index (χ2n) is 2.60. The van der Waals surface area contributed by atoms with Crippen molar-refractivity contribution < 1.29 is 5.11 Å². The van der Waals surface area contributed by atoms with Crippen LogP contribution in [-0.2, 0) is 0 Å². The molecular formula is C9H8OS3. The van der Waals surface area contributed by atoms with Crippen molar-refractivity contribution in [3.63, 3.8) is 0 Å². The van der Waals surface area contributed by atoms with Crippen LogP contribution in [-0.4, -0.2) is 11.4 Å². The van der Waals surface area contributed by atoms with Gasteiger partial charge in [0.2, 0.25) is 0 Å². The van der Waals surface area contributed by atoms with Crippen LogP contribution in [0.25, 0.3) is 10.1 Å². The zero-order valence-corrected chi connectivity index (χ0v) is 9.47. The summed E-state index contributed by atoms with van der Waals surface area (Å²) in [5, 5.41) is 10.6. The molecule has 2 rings (SSSR count). The minimum absolute atomic E-state index is 0.345. The van der Waals surface area contributed by atoms with Crippen LogP contribution in [0, 0.1) is 0 Å². The van der Waals surface area contributed by atoms with Gasteiger partial charge in [-0.25, -0.2) is 0 Å². The first-order valence-corrected chi connectivity index (χ1v) is 6.20. The van der Waals surface area contributed by atoms with Crippen LogP contribution < -0.4 is 0 Å². The molecule has 0 atom stereocenters. The van der Waals surface area contributed by atoms with Gasteiger partial charge >= 0.3 is 0 Å². The van der Waals surface area contributed by atoms with Crippen LogP contribution >= 0.6 is 35.7 Å². The zero-order chi connectivity index (χ0) is 9.42. The number of thiophene rings is 1. The van der Waals surface area contributed by atoms with Gasteiger partial charge in [-0.1, -0.05) is 12.1 Å². The molecule has 1 aromatic carbocycles. The van der Waals surface area contributed by atoms with E-state index in [2.05, 4.69) is 12.6 Å². The molecule has 0 bridgehead atoms. The number of thioether (sulfide) groups is 1. The van der Waals surface area contributed by atoms with Crippen molar-refractivity contribution in [3.8, 4) is 5.75 Å². The third-order valence-corrected chi connectivity index (χ3v) is 4.94. The van der Waals surface area contributed by atoms with Crippen molar-refractivity contribution in [2.75, 3.05) is 6.26 Å². The number of thiol groups is 1. The number of phenolic OH excluding ortho intramolecular Hbond substituents is 1. The highest BCUT2D eigenvalue weighted by Crippen LogP contribution is 2.42. The van der Waals surface area contributed by atoms with Gasteiger partial charge in [0.1, 0.15) is 5.75 Å². The lowest BCUT2D eigenvalue weighted by atomic mass is 10.2. The highest BCUT2D eigenvalue weighted by atomic mass is 32.2. The van der Waals surface area contributed by atoms with E-state index in [-0.39, 0.29) is 0 Å². The Morgan fingerprint density at radius 1 is 1.46 bits per heavy atom. The molecule has 0 saturated carbocycles. The molecule has 1 heterocycles. The van der Waals surface area contributed by atoms with Crippen LogP contribution in [0.3, 0.4) is 0 Å². The van der Waals surface area contributed by atoms with Crippen LogP contribution in [0.5, 0.6) is 5.75 Å². The van der Waals surface area contributed by atoms with Gasteiger partial charge in [-0.3, -0.25) is 0 Å². The maximum Gasteiger partial charge on any atom is 0.133 e. The van der Waals surface area contributed by atoms with E-state index >= 15 is 0 Å². The van der Waals surface area contributed by atoms with E-state index in [1.54, 1.807) is 29.2 Å². The summed E-state index contributed by atoms with van der Waals surface area (Å²) >= 11 is 7.67. The van der Waals surface area contributed by atoms with Gasteiger partial charge in [-0.15, -0.1) is 35.7 Å². The SMILES string of the molecule is CSc1sc2c(O)cccc2c1S. The summed E-state index contributed by atoms with van der Waals surface area (Å²) in [6.07, 6.45) is 2.02. The lowest BCUT2D eigenvalue weighted by Gasteiger charge is -1.92. The number of aromatic hydroxyl groups is 1. The molecule has 0 aliphatic heterocycles. The fraction of sp³-hybridized carbons (Fsp3) is 0.111. The number of benzene rings is 1. The molecule has 0 radical (unpaired) electrons. The molecule has 13 heavy (non-hydrogen) atoms. The van der Waals surface area contributed by atoms with Crippen molar-refractivity contribution >= 4 is 45.8 Å². The number of hydrogen-bond acceptors (Lipinski definition) is 4. The Morgan fingerprint density at radius 3 is 2.85 bits per heavy atom. The number of fused-ring (bicyclic) bond motifs is 1. The number of rotatable bonds is 1. The zero-order valence-electron chi connectivity index (χ0n) is 6.94. The normalized spacial score (nSPS) is 10.9. The third-order valence-electron chi connectivity index (χ3n) is 1.82. The molecule has 2 aromatic rings. The summed E-state index contributed by atoms with van der Waals surface area (Å²) in [6.45, 7) is 0. The van der Waals surface area contributed by atoms with Crippen LogP contribution in [0.2, 0.25) is 0 Å². The Labute approximate surface area is 90.2 Å². The third kappa shape index (κ3) is 1.43. The maximum absolute atomic E-state index is 9.57. The molecule has 0 fully saturated rings. The second-order valence-corrected chi connectivity index (χ2v) is 5.14. The Balaban J connectivity index is 2.83. The molecule has 0 unspecified atom stereocenters. The average Bonchev–Trinajstić information content (AvgIpc) is 2.45. The van der Waals surface area contributed by atoms with E-state index in [1.807, 2.05) is 18.4 Å².